The van der Waals surface area contributed by atoms with Crippen LogP contribution in [-0.2, 0) is 0 Å². The van der Waals surface area contributed by atoms with E-state index in [2.05, 4.69) is 10.3 Å². The van der Waals surface area contributed by atoms with Crippen molar-refractivity contribution in [1.82, 2.24) is 10.3 Å². The van der Waals surface area contributed by atoms with E-state index in [4.69, 9.17) is 5.11 Å². The number of aliphatic hydroxyl groups is 1. The van der Waals surface area contributed by atoms with E-state index in [1.165, 1.54) is 23.1 Å². The molecule has 15 heavy (non-hydrogen) atoms. The van der Waals surface area contributed by atoms with Crippen LogP contribution in [0.25, 0.3) is 0 Å². The highest BCUT2D eigenvalue weighted by atomic mass is 32.2. The third-order valence-corrected chi connectivity index (χ3v) is 3.81. The molecule has 0 saturated carbocycles. The fourth-order valence-electron chi connectivity index (χ4n) is 1.14. The molecule has 2 N–H and O–H groups in total. The fraction of sp³-hybridized carbons (Fsp3) is 0.556. The van der Waals surface area contributed by atoms with Crippen LogP contribution in [0, 0.1) is 0 Å². The van der Waals surface area contributed by atoms with Crippen LogP contribution in [0.2, 0.25) is 0 Å². The lowest BCUT2D eigenvalue weighted by Crippen LogP contribution is -2.41. The van der Waals surface area contributed by atoms with Gasteiger partial charge in [0.15, 0.2) is 0 Å². The molecule has 0 fully saturated rings. The lowest BCUT2D eigenvalue weighted by Gasteiger charge is -2.20. The molecule has 0 spiro atoms. The second-order valence-corrected chi connectivity index (χ2v) is 4.89. The maximum atomic E-state index is 11.6. The van der Waals surface area contributed by atoms with Crippen molar-refractivity contribution in [3.05, 3.63) is 16.6 Å². The number of carbonyl (C=O) groups is 1. The number of thioether (sulfide) groups is 1. The summed E-state index contributed by atoms with van der Waals surface area (Å²) in [6.07, 6.45) is 1.91. The van der Waals surface area contributed by atoms with Crippen molar-refractivity contribution in [3.8, 4) is 0 Å². The van der Waals surface area contributed by atoms with E-state index in [0.717, 1.165) is 0 Å². The number of amides is 1. The molecule has 0 aliphatic heterocycles. The standard InChI is InChI=1S/C9H14N2O2S2/c1-6(8(3-12)14-2)11-9(13)7-4-15-5-10-7/h4-6,8,12H,3H2,1-2H3,(H,11,13). The second kappa shape index (κ2) is 6.09. The van der Waals surface area contributed by atoms with Gasteiger partial charge in [0, 0.05) is 16.7 Å². The largest absolute Gasteiger partial charge is 0.395 e. The molecule has 84 valence electrons. The van der Waals surface area contributed by atoms with Crippen LogP contribution < -0.4 is 5.32 Å². The second-order valence-electron chi connectivity index (χ2n) is 3.09. The summed E-state index contributed by atoms with van der Waals surface area (Å²) in [6.45, 7) is 1.93. The van der Waals surface area contributed by atoms with Crippen molar-refractivity contribution >= 4 is 29.0 Å². The minimum Gasteiger partial charge on any atom is -0.395 e. The zero-order chi connectivity index (χ0) is 11.3. The van der Waals surface area contributed by atoms with E-state index < -0.39 is 0 Å². The number of hydrogen-bond donors (Lipinski definition) is 2. The molecule has 1 rings (SSSR count). The van der Waals surface area contributed by atoms with Gasteiger partial charge in [0.05, 0.1) is 12.1 Å². The van der Waals surface area contributed by atoms with Crippen LogP contribution in [0.3, 0.4) is 0 Å². The molecule has 1 aromatic heterocycles. The summed E-state index contributed by atoms with van der Waals surface area (Å²) in [5.74, 6) is -0.184. The van der Waals surface area contributed by atoms with Crippen molar-refractivity contribution in [2.75, 3.05) is 12.9 Å². The smallest absolute Gasteiger partial charge is 0.270 e. The van der Waals surface area contributed by atoms with E-state index in [-0.39, 0.29) is 23.8 Å². The molecule has 0 aromatic carbocycles. The van der Waals surface area contributed by atoms with Gasteiger partial charge in [-0.3, -0.25) is 4.79 Å². The Morgan fingerprint density at radius 2 is 2.53 bits per heavy atom. The third kappa shape index (κ3) is 3.48. The molecule has 1 amide bonds. The number of aliphatic hydroxyl groups excluding tert-OH is 1. The van der Waals surface area contributed by atoms with Crippen molar-refractivity contribution in [3.63, 3.8) is 0 Å². The fourth-order valence-corrected chi connectivity index (χ4v) is 2.29. The first-order valence-corrected chi connectivity index (χ1v) is 6.74. The van der Waals surface area contributed by atoms with Gasteiger partial charge in [-0.25, -0.2) is 4.98 Å². The monoisotopic (exact) mass is 246 g/mol. The number of aromatic nitrogens is 1. The Bertz CT molecular complexity index is 299. The van der Waals surface area contributed by atoms with Crippen molar-refractivity contribution in [2.45, 2.75) is 18.2 Å². The maximum absolute atomic E-state index is 11.6. The Balaban J connectivity index is 2.51. The minimum absolute atomic E-state index is 0.0209. The summed E-state index contributed by atoms with van der Waals surface area (Å²) in [5, 5.41) is 13.6. The van der Waals surface area contributed by atoms with Gasteiger partial charge in [0.2, 0.25) is 0 Å². The van der Waals surface area contributed by atoms with Crippen LogP contribution in [-0.4, -0.2) is 40.2 Å². The first-order valence-electron chi connectivity index (χ1n) is 4.51. The highest BCUT2D eigenvalue weighted by Gasteiger charge is 2.18. The van der Waals surface area contributed by atoms with E-state index in [1.807, 2.05) is 13.2 Å². The van der Waals surface area contributed by atoms with E-state index in [0.29, 0.717) is 5.69 Å². The van der Waals surface area contributed by atoms with Crippen molar-refractivity contribution in [2.24, 2.45) is 0 Å². The quantitative estimate of drug-likeness (QED) is 0.813. The van der Waals surface area contributed by atoms with Gasteiger partial charge in [-0.15, -0.1) is 11.3 Å². The van der Waals surface area contributed by atoms with Crippen LogP contribution in [0.5, 0.6) is 0 Å². The van der Waals surface area contributed by atoms with Crippen molar-refractivity contribution < 1.29 is 9.90 Å². The molecular weight excluding hydrogens is 232 g/mol. The lowest BCUT2D eigenvalue weighted by atomic mass is 10.2. The Kier molecular flexibility index (Phi) is 5.07. The predicted molar refractivity (Wildman–Crippen MR) is 63.4 cm³/mol. The third-order valence-electron chi connectivity index (χ3n) is 2.06. The maximum Gasteiger partial charge on any atom is 0.270 e. The van der Waals surface area contributed by atoms with Gasteiger partial charge in [-0.05, 0) is 13.2 Å². The Morgan fingerprint density at radius 1 is 1.80 bits per heavy atom. The van der Waals surface area contributed by atoms with Gasteiger partial charge in [-0.2, -0.15) is 11.8 Å². The summed E-state index contributed by atoms with van der Waals surface area (Å²) in [6, 6.07) is -0.0702. The molecular formula is C9H14N2O2S2. The molecule has 0 aliphatic rings. The Morgan fingerprint density at radius 3 is 3.00 bits per heavy atom. The summed E-state index contributed by atoms with van der Waals surface area (Å²) in [5.41, 5.74) is 2.06. The molecule has 2 unspecified atom stereocenters. The average molecular weight is 246 g/mol. The van der Waals surface area contributed by atoms with Crippen LogP contribution in [0.1, 0.15) is 17.4 Å². The first-order chi connectivity index (χ1) is 7.19. The topological polar surface area (TPSA) is 62.2 Å². The van der Waals surface area contributed by atoms with Crippen LogP contribution in [0.15, 0.2) is 10.9 Å². The zero-order valence-corrected chi connectivity index (χ0v) is 10.3. The molecule has 0 radical (unpaired) electrons. The highest BCUT2D eigenvalue weighted by Crippen LogP contribution is 2.11. The van der Waals surface area contributed by atoms with E-state index >= 15 is 0 Å². The summed E-state index contributed by atoms with van der Waals surface area (Å²) in [4.78, 5) is 15.5. The molecule has 4 nitrogen and oxygen atoms in total. The molecule has 1 heterocycles. The molecule has 1 aromatic rings. The van der Waals surface area contributed by atoms with Crippen LogP contribution >= 0.6 is 23.1 Å². The summed E-state index contributed by atoms with van der Waals surface area (Å²) in [7, 11) is 0. The van der Waals surface area contributed by atoms with Crippen LogP contribution in [0.4, 0.5) is 0 Å². The van der Waals surface area contributed by atoms with E-state index in [9.17, 15) is 4.79 Å². The molecule has 0 aliphatic carbocycles. The van der Waals surface area contributed by atoms with Gasteiger partial charge in [0.25, 0.3) is 5.91 Å². The first kappa shape index (κ1) is 12.5. The van der Waals surface area contributed by atoms with Gasteiger partial charge >= 0.3 is 0 Å². The number of thiazole rings is 1. The number of nitrogens with one attached hydrogen (secondary N) is 1. The Hall–Kier alpha value is -0.590. The van der Waals surface area contributed by atoms with Gasteiger partial charge < -0.3 is 10.4 Å². The van der Waals surface area contributed by atoms with Crippen molar-refractivity contribution in [1.29, 1.82) is 0 Å². The Labute approximate surface area is 97.1 Å². The predicted octanol–water partition coefficient (Wildman–Crippen LogP) is 0.985. The summed E-state index contributed by atoms with van der Waals surface area (Å²) >= 11 is 2.92. The number of nitrogens with zero attached hydrogens (tertiary/aromatic N) is 1. The SMILES string of the molecule is CSC(CO)C(C)NC(=O)c1cscn1. The zero-order valence-electron chi connectivity index (χ0n) is 8.64. The summed E-state index contributed by atoms with van der Waals surface area (Å²) < 4.78 is 0. The minimum atomic E-state index is -0.184. The average Bonchev–Trinajstić information content (AvgIpc) is 2.72. The van der Waals surface area contributed by atoms with Gasteiger partial charge in [0.1, 0.15) is 5.69 Å². The number of carbonyl (C=O) groups excluding carboxylic acids is 1. The number of hydrogen-bond acceptors (Lipinski definition) is 5. The van der Waals surface area contributed by atoms with Gasteiger partial charge in [-0.1, -0.05) is 0 Å². The molecule has 0 saturated heterocycles. The number of rotatable bonds is 5. The highest BCUT2D eigenvalue weighted by molar-refractivity contribution is 7.99. The lowest BCUT2D eigenvalue weighted by molar-refractivity contribution is 0.0931. The van der Waals surface area contributed by atoms with E-state index in [1.54, 1.807) is 10.9 Å². The molecule has 2 atom stereocenters. The normalized spacial score (nSPS) is 14.6. The molecule has 6 heteroatoms. The molecule has 0 bridgehead atoms.